The van der Waals surface area contributed by atoms with E-state index < -0.39 is 64.3 Å². The maximum Gasteiger partial charge on any atom is 0.429 e. The SMILES string of the molecule is CCCc1ccc(-c2ccc(C(F)(F)Oc3cc(F)c(C(F)=CC(F)(F)F)c(F)c3)c(F)c2F)cc1. The van der Waals surface area contributed by atoms with Gasteiger partial charge in [-0.1, -0.05) is 43.7 Å². The number of ether oxygens (including phenoxy) is 1. The Bertz CT molecular complexity index is 1250. The van der Waals surface area contributed by atoms with E-state index in [1.165, 1.54) is 12.1 Å². The monoisotopic (exact) mass is 522 g/mol. The van der Waals surface area contributed by atoms with Crippen molar-refractivity contribution in [2.45, 2.75) is 32.1 Å². The average Bonchev–Trinajstić information content (AvgIpc) is 2.74. The lowest BCUT2D eigenvalue weighted by Gasteiger charge is -2.20. The zero-order chi connectivity index (χ0) is 26.8. The van der Waals surface area contributed by atoms with Crippen LogP contribution in [0.5, 0.6) is 5.75 Å². The molecule has 3 aromatic carbocycles. The van der Waals surface area contributed by atoms with Crippen LogP contribution < -0.4 is 4.74 Å². The molecule has 0 aromatic heterocycles. The second-order valence-electron chi connectivity index (χ2n) is 7.65. The molecule has 0 amide bonds. The van der Waals surface area contributed by atoms with Gasteiger partial charge in [-0.3, -0.25) is 0 Å². The lowest BCUT2D eigenvalue weighted by molar-refractivity contribution is -0.187. The largest absolute Gasteiger partial charge is 0.429 e. The highest BCUT2D eigenvalue weighted by atomic mass is 19.4. The van der Waals surface area contributed by atoms with Gasteiger partial charge in [-0.05, 0) is 23.6 Å². The number of aryl methyl sites for hydroxylation is 1. The fourth-order valence-corrected chi connectivity index (χ4v) is 3.39. The Labute approximate surface area is 198 Å². The van der Waals surface area contributed by atoms with Crippen molar-refractivity contribution in [3.8, 4) is 16.9 Å². The molecule has 0 unspecified atom stereocenters. The first-order chi connectivity index (χ1) is 16.7. The molecule has 36 heavy (non-hydrogen) atoms. The Kier molecular flexibility index (Phi) is 7.70. The van der Waals surface area contributed by atoms with Gasteiger partial charge in [0, 0.05) is 17.7 Å². The number of halogens is 10. The Morgan fingerprint density at radius 1 is 0.833 bits per heavy atom. The number of allylic oxidation sites excluding steroid dienone is 1. The molecule has 192 valence electrons. The molecule has 0 fully saturated rings. The van der Waals surface area contributed by atoms with Gasteiger partial charge in [0.15, 0.2) is 11.6 Å². The third kappa shape index (κ3) is 6.00. The first-order valence-corrected chi connectivity index (χ1v) is 10.3. The minimum absolute atomic E-state index is 0.0173. The molecule has 0 aliphatic carbocycles. The van der Waals surface area contributed by atoms with E-state index >= 15 is 0 Å². The summed E-state index contributed by atoms with van der Waals surface area (Å²) in [5, 5.41) is 0. The second-order valence-corrected chi connectivity index (χ2v) is 7.65. The van der Waals surface area contributed by atoms with Gasteiger partial charge in [-0.25, -0.2) is 22.0 Å². The number of alkyl halides is 5. The van der Waals surface area contributed by atoms with E-state index in [1.54, 1.807) is 12.1 Å². The molecule has 0 radical (unpaired) electrons. The zero-order valence-corrected chi connectivity index (χ0v) is 18.3. The van der Waals surface area contributed by atoms with Crippen LogP contribution in [0.1, 0.15) is 30.0 Å². The number of hydrogen-bond acceptors (Lipinski definition) is 1. The van der Waals surface area contributed by atoms with Crippen molar-refractivity contribution in [1.82, 2.24) is 0 Å². The van der Waals surface area contributed by atoms with E-state index in [1.807, 2.05) is 6.92 Å². The van der Waals surface area contributed by atoms with Crippen LogP contribution >= 0.6 is 0 Å². The molecule has 0 atom stereocenters. The van der Waals surface area contributed by atoms with Crippen molar-refractivity contribution in [3.63, 3.8) is 0 Å². The molecule has 3 rings (SSSR count). The van der Waals surface area contributed by atoms with Crippen molar-refractivity contribution in [3.05, 3.63) is 94.6 Å². The number of hydrogen-bond donors (Lipinski definition) is 0. The van der Waals surface area contributed by atoms with Crippen LogP contribution in [-0.4, -0.2) is 6.18 Å². The Morgan fingerprint density at radius 3 is 1.94 bits per heavy atom. The van der Waals surface area contributed by atoms with E-state index in [-0.39, 0.29) is 23.3 Å². The maximum atomic E-state index is 14.6. The average molecular weight is 522 g/mol. The lowest BCUT2D eigenvalue weighted by atomic mass is 10.00. The van der Waals surface area contributed by atoms with E-state index in [2.05, 4.69) is 4.74 Å². The predicted octanol–water partition coefficient (Wildman–Crippen LogP) is 8.86. The molecule has 1 nitrogen and oxygen atoms in total. The van der Waals surface area contributed by atoms with Gasteiger partial charge in [0.05, 0.1) is 11.6 Å². The van der Waals surface area contributed by atoms with Crippen LogP contribution in [0.3, 0.4) is 0 Å². The smallest absolute Gasteiger partial charge is 0.429 e. The fourth-order valence-electron chi connectivity index (χ4n) is 3.39. The van der Waals surface area contributed by atoms with Gasteiger partial charge in [-0.2, -0.15) is 22.0 Å². The summed E-state index contributed by atoms with van der Waals surface area (Å²) in [6.45, 7) is 1.95. The van der Waals surface area contributed by atoms with E-state index in [4.69, 9.17) is 0 Å². The van der Waals surface area contributed by atoms with E-state index in [0.717, 1.165) is 24.5 Å². The minimum Gasteiger partial charge on any atom is -0.429 e. The molecule has 0 saturated heterocycles. The summed E-state index contributed by atoms with van der Waals surface area (Å²) in [4.78, 5) is 0. The molecular formula is C25H16F10O. The van der Waals surface area contributed by atoms with E-state index in [0.29, 0.717) is 6.07 Å². The molecule has 0 N–H and O–H groups in total. The van der Waals surface area contributed by atoms with Crippen LogP contribution in [0.2, 0.25) is 0 Å². The second kappa shape index (κ2) is 10.2. The summed E-state index contributed by atoms with van der Waals surface area (Å²) in [5.74, 6) is -11.3. The van der Waals surface area contributed by atoms with Crippen LogP contribution in [0.15, 0.2) is 54.6 Å². The van der Waals surface area contributed by atoms with Gasteiger partial charge in [0.25, 0.3) is 0 Å². The van der Waals surface area contributed by atoms with Crippen molar-refractivity contribution >= 4 is 5.83 Å². The van der Waals surface area contributed by atoms with Crippen LogP contribution in [0, 0.1) is 23.3 Å². The fraction of sp³-hybridized carbons (Fsp3) is 0.200. The van der Waals surface area contributed by atoms with Crippen molar-refractivity contribution in [2.24, 2.45) is 0 Å². The summed E-state index contributed by atoms with van der Waals surface area (Å²) in [6.07, 6.45) is -9.36. The Morgan fingerprint density at radius 2 is 1.42 bits per heavy atom. The van der Waals surface area contributed by atoms with E-state index in [9.17, 15) is 43.9 Å². The van der Waals surface area contributed by atoms with Gasteiger partial charge in [0.2, 0.25) is 0 Å². The first-order valence-electron chi connectivity index (χ1n) is 10.3. The summed E-state index contributed by atoms with van der Waals surface area (Å²) >= 11 is 0. The molecule has 0 aliphatic heterocycles. The Hall–Kier alpha value is -3.50. The molecule has 11 heteroatoms. The summed E-state index contributed by atoms with van der Waals surface area (Å²) < 4.78 is 141. The van der Waals surface area contributed by atoms with Gasteiger partial charge < -0.3 is 4.74 Å². The molecule has 0 spiro atoms. The molecule has 0 heterocycles. The van der Waals surface area contributed by atoms with Gasteiger partial charge >= 0.3 is 12.3 Å². The number of rotatable bonds is 7. The topological polar surface area (TPSA) is 9.23 Å². The normalized spacial score (nSPS) is 12.7. The van der Waals surface area contributed by atoms with Crippen molar-refractivity contribution in [2.75, 3.05) is 0 Å². The van der Waals surface area contributed by atoms with Gasteiger partial charge in [-0.15, -0.1) is 0 Å². The van der Waals surface area contributed by atoms with Crippen LogP contribution in [-0.2, 0) is 12.5 Å². The van der Waals surface area contributed by atoms with Crippen LogP contribution in [0.4, 0.5) is 43.9 Å². The first kappa shape index (κ1) is 27.1. The third-order valence-corrected chi connectivity index (χ3v) is 4.99. The quantitative estimate of drug-likeness (QED) is 0.282. The standard InChI is InChI=1S/C25H16F10O/c1-2-3-13-4-6-14(7-5-13)16-8-9-17(23(30)22(16)29)25(34,35)36-15-10-18(26)21(19(27)11-15)20(28)12-24(31,32)33/h4-12H,2-3H2,1H3. The van der Waals surface area contributed by atoms with Crippen molar-refractivity contribution < 1.29 is 48.6 Å². The highest BCUT2D eigenvalue weighted by molar-refractivity contribution is 5.65. The maximum absolute atomic E-state index is 14.6. The predicted molar refractivity (Wildman–Crippen MR) is 112 cm³/mol. The molecule has 3 aromatic rings. The summed E-state index contributed by atoms with van der Waals surface area (Å²) in [7, 11) is 0. The zero-order valence-electron chi connectivity index (χ0n) is 18.3. The van der Waals surface area contributed by atoms with Crippen molar-refractivity contribution in [1.29, 1.82) is 0 Å². The molecular weight excluding hydrogens is 506 g/mol. The van der Waals surface area contributed by atoms with Gasteiger partial charge in [0.1, 0.15) is 28.8 Å². The highest BCUT2D eigenvalue weighted by Crippen LogP contribution is 2.38. The summed E-state index contributed by atoms with van der Waals surface area (Å²) in [5.41, 5.74) is -2.58. The Balaban J connectivity index is 1.92. The molecule has 0 saturated carbocycles. The minimum atomic E-state index is -5.25. The van der Waals surface area contributed by atoms with Crippen LogP contribution in [0.25, 0.3) is 17.0 Å². The third-order valence-electron chi connectivity index (χ3n) is 4.99. The number of benzene rings is 3. The molecule has 0 bridgehead atoms. The lowest BCUT2D eigenvalue weighted by Crippen LogP contribution is -2.24. The summed E-state index contributed by atoms with van der Waals surface area (Å²) in [6, 6.07) is 7.64. The molecule has 0 aliphatic rings. The highest BCUT2D eigenvalue weighted by Gasteiger charge is 2.40.